The van der Waals surface area contributed by atoms with E-state index in [1.54, 1.807) is 24.3 Å². The molecular weight excluding hydrogens is 261 g/mol. The summed E-state index contributed by atoms with van der Waals surface area (Å²) in [6.07, 6.45) is -5.25. The number of benzene rings is 1. The molecule has 1 nitrogen and oxygen atoms in total. The van der Waals surface area contributed by atoms with Gasteiger partial charge in [0.25, 0.3) is 0 Å². The Morgan fingerprint density at radius 3 is 2.25 bits per heavy atom. The van der Waals surface area contributed by atoms with E-state index in [1.807, 2.05) is 0 Å². The Morgan fingerprint density at radius 1 is 1.19 bits per heavy atom. The van der Waals surface area contributed by atoms with Crippen LogP contribution in [0.25, 0.3) is 0 Å². The standard InChI is InChI=1S/C10H10ClF3OS/c11-9-3-1-8(2-4-9)7-16(15)6-5-10(12,13)14/h1-4H,5-7H2. The molecule has 90 valence electrons. The fourth-order valence-corrected chi connectivity index (χ4v) is 2.36. The van der Waals surface area contributed by atoms with Crippen LogP contribution in [0.5, 0.6) is 0 Å². The van der Waals surface area contributed by atoms with Crippen LogP contribution < -0.4 is 0 Å². The van der Waals surface area contributed by atoms with E-state index in [4.69, 9.17) is 11.6 Å². The first-order valence-electron chi connectivity index (χ1n) is 4.53. The van der Waals surface area contributed by atoms with E-state index in [2.05, 4.69) is 0 Å². The van der Waals surface area contributed by atoms with E-state index < -0.39 is 23.4 Å². The second-order valence-corrected chi connectivity index (χ2v) is 5.29. The molecule has 0 fully saturated rings. The lowest BCUT2D eigenvalue weighted by Gasteiger charge is -2.06. The summed E-state index contributed by atoms with van der Waals surface area (Å²) >= 11 is 5.64. The van der Waals surface area contributed by atoms with Gasteiger partial charge in [-0.2, -0.15) is 13.2 Å². The Balaban J connectivity index is 2.43. The molecule has 0 aliphatic rings. The van der Waals surface area contributed by atoms with Gasteiger partial charge in [0.05, 0.1) is 6.42 Å². The van der Waals surface area contributed by atoms with Gasteiger partial charge in [-0.05, 0) is 17.7 Å². The van der Waals surface area contributed by atoms with Crippen molar-refractivity contribution in [3.63, 3.8) is 0 Å². The number of rotatable bonds is 4. The van der Waals surface area contributed by atoms with Crippen molar-refractivity contribution in [1.82, 2.24) is 0 Å². The molecule has 0 aromatic heterocycles. The van der Waals surface area contributed by atoms with Gasteiger partial charge in [-0.25, -0.2) is 0 Å². The molecule has 0 saturated heterocycles. The van der Waals surface area contributed by atoms with Crippen molar-refractivity contribution in [2.24, 2.45) is 0 Å². The third kappa shape index (κ3) is 5.51. The van der Waals surface area contributed by atoms with Gasteiger partial charge in [-0.15, -0.1) is 0 Å². The maximum Gasteiger partial charge on any atom is 0.390 e. The number of alkyl halides is 3. The molecule has 0 heterocycles. The third-order valence-electron chi connectivity index (χ3n) is 1.85. The van der Waals surface area contributed by atoms with E-state index in [0.717, 1.165) is 5.56 Å². The minimum absolute atomic E-state index is 0.132. The Labute approximate surface area is 99.1 Å². The lowest BCUT2D eigenvalue weighted by molar-refractivity contribution is -0.129. The molecule has 0 radical (unpaired) electrons. The van der Waals surface area contributed by atoms with Crippen LogP contribution in [-0.4, -0.2) is 16.1 Å². The zero-order valence-corrected chi connectivity index (χ0v) is 9.83. The molecule has 1 aromatic carbocycles. The molecule has 1 unspecified atom stereocenters. The zero-order chi connectivity index (χ0) is 12.2. The van der Waals surface area contributed by atoms with Gasteiger partial charge in [0.15, 0.2) is 0 Å². The number of halogens is 4. The summed E-state index contributed by atoms with van der Waals surface area (Å²) in [7, 11) is -1.49. The van der Waals surface area contributed by atoms with Crippen molar-refractivity contribution in [2.45, 2.75) is 18.3 Å². The van der Waals surface area contributed by atoms with E-state index >= 15 is 0 Å². The van der Waals surface area contributed by atoms with E-state index in [0.29, 0.717) is 5.02 Å². The summed E-state index contributed by atoms with van der Waals surface area (Å²) in [6.45, 7) is 0. The lowest BCUT2D eigenvalue weighted by atomic mass is 10.2. The monoisotopic (exact) mass is 270 g/mol. The summed E-state index contributed by atoms with van der Waals surface area (Å²) in [6, 6.07) is 6.57. The van der Waals surface area contributed by atoms with Gasteiger partial charge in [0, 0.05) is 27.3 Å². The first kappa shape index (κ1) is 13.5. The molecule has 6 heteroatoms. The maximum atomic E-state index is 11.9. The quantitative estimate of drug-likeness (QED) is 0.818. The number of hydrogen-bond acceptors (Lipinski definition) is 1. The summed E-state index contributed by atoms with van der Waals surface area (Å²) in [4.78, 5) is 0. The third-order valence-corrected chi connectivity index (χ3v) is 3.42. The first-order chi connectivity index (χ1) is 7.37. The van der Waals surface area contributed by atoms with Gasteiger partial charge in [0.2, 0.25) is 0 Å². The van der Waals surface area contributed by atoms with Gasteiger partial charge in [-0.3, -0.25) is 4.21 Å². The summed E-state index contributed by atoms with van der Waals surface area (Å²) in [5, 5.41) is 0.546. The minimum atomic E-state index is -4.24. The molecule has 0 aliphatic heterocycles. The minimum Gasteiger partial charge on any atom is -0.259 e. The predicted octanol–water partition coefficient (Wildman–Crippen LogP) is 3.54. The molecular formula is C10H10ClF3OS. The maximum absolute atomic E-state index is 11.9. The van der Waals surface area contributed by atoms with Gasteiger partial charge >= 0.3 is 6.18 Å². The Kier molecular flexibility index (Phi) is 4.80. The summed E-state index contributed by atoms with van der Waals surface area (Å²) in [5.74, 6) is -0.223. The highest BCUT2D eigenvalue weighted by atomic mass is 35.5. The van der Waals surface area contributed by atoms with Crippen LogP contribution in [-0.2, 0) is 16.6 Å². The molecule has 0 spiro atoms. The van der Waals surface area contributed by atoms with Crippen molar-refractivity contribution in [1.29, 1.82) is 0 Å². The molecule has 1 atom stereocenters. The van der Waals surface area contributed by atoms with Gasteiger partial charge < -0.3 is 0 Å². The normalized spacial score (nSPS) is 13.8. The molecule has 0 amide bonds. The molecule has 0 saturated carbocycles. The Bertz CT molecular complexity index is 361. The Morgan fingerprint density at radius 2 is 1.75 bits per heavy atom. The van der Waals surface area contributed by atoms with E-state index in [1.165, 1.54) is 0 Å². The molecule has 16 heavy (non-hydrogen) atoms. The van der Waals surface area contributed by atoms with Crippen molar-refractivity contribution in [3.8, 4) is 0 Å². The van der Waals surface area contributed by atoms with Crippen LogP contribution in [0.1, 0.15) is 12.0 Å². The first-order valence-corrected chi connectivity index (χ1v) is 6.39. The van der Waals surface area contributed by atoms with Crippen molar-refractivity contribution >= 4 is 22.4 Å². The van der Waals surface area contributed by atoms with Crippen LogP contribution in [0.15, 0.2) is 24.3 Å². The van der Waals surface area contributed by atoms with Gasteiger partial charge in [0.1, 0.15) is 0 Å². The van der Waals surface area contributed by atoms with Crippen LogP contribution in [0.2, 0.25) is 5.02 Å². The highest BCUT2D eigenvalue weighted by Gasteiger charge is 2.27. The fraction of sp³-hybridized carbons (Fsp3) is 0.400. The van der Waals surface area contributed by atoms with Crippen molar-refractivity contribution in [3.05, 3.63) is 34.9 Å². The molecule has 1 aromatic rings. The molecule has 0 aliphatic carbocycles. The average Bonchev–Trinajstić information content (AvgIpc) is 2.18. The topological polar surface area (TPSA) is 17.1 Å². The predicted molar refractivity (Wildman–Crippen MR) is 58.8 cm³/mol. The SMILES string of the molecule is O=S(CCC(F)(F)F)Cc1ccc(Cl)cc1. The van der Waals surface area contributed by atoms with E-state index in [-0.39, 0.29) is 11.5 Å². The highest BCUT2D eigenvalue weighted by Crippen LogP contribution is 2.20. The molecule has 0 N–H and O–H groups in total. The van der Waals surface area contributed by atoms with Crippen LogP contribution >= 0.6 is 11.6 Å². The van der Waals surface area contributed by atoms with Crippen LogP contribution in [0.4, 0.5) is 13.2 Å². The van der Waals surface area contributed by atoms with Crippen LogP contribution in [0, 0.1) is 0 Å². The second-order valence-electron chi connectivity index (χ2n) is 3.28. The lowest BCUT2D eigenvalue weighted by Crippen LogP contribution is -2.13. The number of hydrogen-bond donors (Lipinski definition) is 0. The average molecular weight is 271 g/mol. The largest absolute Gasteiger partial charge is 0.390 e. The summed E-state index contributed by atoms with van der Waals surface area (Å²) < 4.78 is 46.9. The van der Waals surface area contributed by atoms with Crippen molar-refractivity contribution in [2.75, 3.05) is 5.75 Å². The summed E-state index contributed by atoms with van der Waals surface area (Å²) in [5.41, 5.74) is 0.727. The second kappa shape index (κ2) is 5.68. The van der Waals surface area contributed by atoms with Gasteiger partial charge in [-0.1, -0.05) is 23.7 Å². The molecule has 0 bridgehead atoms. The fourth-order valence-electron chi connectivity index (χ4n) is 1.07. The van der Waals surface area contributed by atoms with Crippen LogP contribution in [0.3, 0.4) is 0 Å². The smallest absolute Gasteiger partial charge is 0.259 e. The molecule has 1 rings (SSSR count). The van der Waals surface area contributed by atoms with Crippen molar-refractivity contribution < 1.29 is 17.4 Å². The van der Waals surface area contributed by atoms with E-state index in [9.17, 15) is 17.4 Å². The highest BCUT2D eigenvalue weighted by molar-refractivity contribution is 7.84. The Hall–Kier alpha value is -0.550. The zero-order valence-electron chi connectivity index (χ0n) is 8.26.